The number of nitrogens with one attached hydrogen (secondary N) is 2. The van der Waals surface area contributed by atoms with Crippen molar-refractivity contribution in [3.05, 3.63) is 71.8 Å². The Bertz CT molecular complexity index is 824. The Morgan fingerprint density at radius 1 is 0.867 bits per heavy atom. The molecule has 0 aliphatic carbocycles. The predicted molar refractivity (Wildman–Crippen MR) is 112 cm³/mol. The van der Waals surface area contributed by atoms with Crippen LogP contribution in [-0.4, -0.2) is 37.2 Å². The van der Waals surface area contributed by atoms with Crippen molar-refractivity contribution in [2.75, 3.05) is 7.11 Å². The molecule has 30 heavy (non-hydrogen) atoms. The van der Waals surface area contributed by atoms with Gasteiger partial charge in [0.05, 0.1) is 7.11 Å². The lowest BCUT2D eigenvalue weighted by Gasteiger charge is -2.24. The Labute approximate surface area is 176 Å². The zero-order valence-corrected chi connectivity index (χ0v) is 17.5. The first-order valence-corrected chi connectivity index (χ1v) is 9.80. The molecule has 0 unspecified atom stereocenters. The number of hydrogen-bond donors (Lipinski definition) is 2. The van der Waals surface area contributed by atoms with E-state index in [4.69, 9.17) is 9.47 Å². The SMILES string of the molecule is COC(=O)[C@H](Cc1ccccc1)NC(=O)[C@@H](NC(=O)OCc1ccccc1)C(C)C. The minimum atomic E-state index is -0.867. The van der Waals surface area contributed by atoms with Gasteiger partial charge in [-0.2, -0.15) is 0 Å². The lowest BCUT2D eigenvalue weighted by Crippen LogP contribution is -2.54. The fraction of sp³-hybridized carbons (Fsp3) is 0.348. The molecule has 160 valence electrons. The van der Waals surface area contributed by atoms with Gasteiger partial charge in [0, 0.05) is 6.42 Å². The normalized spacial score (nSPS) is 12.5. The van der Waals surface area contributed by atoms with Gasteiger partial charge in [-0.15, -0.1) is 0 Å². The topological polar surface area (TPSA) is 93.7 Å². The van der Waals surface area contributed by atoms with E-state index in [-0.39, 0.29) is 18.9 Å². The van der Waals surface area contributed by atoms with E-state index >= 15 is 0 Å². The van der Waals surface area contributed by atoms with Gasteiger partial charge in [-0.25, -0.2) is 9.59 Å². The molecule has 0 aliphatic rings. The van der Waals surface area contributed by atoms with E-state index < -0.39 is 30.1 Å². The Hall–Kier alpha value is -3.35. The lowest BCUT2D eigenvalue weighted by molar-refractivity contribution is -0.145. The third-order valence-electron chi connectivity index (χ3n) is 4.52. The molecule has 0 spiro atoms. The highest BCUT2D eigenvalue weighted by Gasteiger charge is 2.29. The van der Waals surface area contributed by atoms with Crippen molar-refractivity contribution in [2.24, 2.45) is 5.92 Å². The van der Waals surface area contributed by atoms with Gasteiger partial charge in [0.2, 0.25) is 5.91 Å². The highest BCUT2D eigenvalue weighted by molar-refractivity contribution is 5.90. The molecule has 0 bridgehead atoms. The minimum Gasteiger partial charge on any atom is -0.467 e. The van der Waals surface area contributed by atoms with Crippen LogP contribution in [0.5, 0.6) is 0 Å². The summed E-state index contributed by atoms with van der Waals surface area (Å²) in [5.74, 6) is -1.25. The molecule has 2 aromatic carbocycles. The number of amides is 2. The zero-order chi connectivity index (χ0) is 21.9. The second-order valence-corrected chi connectivity index (χ2v) is 7.20. The van der Waals surface area contributed by atoms with Crippen molar-refractivity contribution in [1.29, 1.82) is 0 Å². The van der Waals surface area contributed by atoms with Gasteiger partial charge in [0.1, 0.15) is 18.7 Å². The summed E-state index contributed by atoms with van der Waals surface area (Å²) in [6, 6.07) is 16.8. The van der Waals surface area contributed by atoms with Crippen LogP contribution in [0.4, 0.5) is 4.79 Å². The maximum Gasteiger partial charge on any atom is 0.408 e. The van der Waals surface area contributed by atoms with Gasteiger partial charge in [0.15, 0.2) is 0 Å². The average molecular weight is 412 g/mol. The van der Waals surface area contributed by atoms with Gasteiger partial charge in [-0.3, -0.25) is 4.79 Å². The summed E-state index contributed by atoms with van der Waals surface area (Å²) >= 11 is 0. The maximum atomic E-state index is 12.8. The number of hydrogen-bond acceptors (Lipinski definition) is 5. The molecule has 2 aromatic rings. The second-order valence-electron chi connectivity index (χ2n) is 7.20. The summed E-state index contributed by atoms with van der Waals surface area (Å²) in [6.45, 7) is 3.69. The minimum absolute atomic E-state index is 0.0951. The number of alkyl carbamates (subject to hydrolysis) is 1. The standard InChI is InChI=1S/C23H28N2O5/c1-16(2)20(25-23(28)30-15-18-12-8-5-9-13-18)21(26)24-19(22(27)29-3)14-17-10-6-4-7-11-17/h4-13,16,19-20H,14-15H2,1-3H3,(H,24,26)(H,25,28)/t19-,20-/m0/s1. The summed E-state index contributed by atoms with van der Waals surface area (Å²) in [5.41, 5.74) is 1.72. The largest absolute Gasteiger partial charge is 0.467 e. The van der Waals surface area contributed by atoms with Crippen LogP contribution in [0.1, 0.15) is 25.0 Å². The van der Waals surface area contributed by atoms with E-state index in [0.717, 1.165) is 11.1 Å². The fourth-order valence-electron chi connectivity index (χ4n) is 2.87. The van der Waals surface area contributed by atoms with Crippen LogP contribution < -0.4 is 10.6 Å². The van der Waals surface area contributed by atoms with Crippen molar-refractivity contribution >= 4 is 18.0 Å². The fourth-order valence-corrected chi connectivity index (χ4v) is 2.87. The number of rotatable bonds is 9. The molecule has 0 radical (unpaired) electrons. The summed E-state index contributed by atoms with van der Waals surface area (Å²) in [5, 5.41) is 5.28. The van der Waals surface area contributed by atoms with Crippen LogP contribution >= 0.6 is 0 Å². The highest BCUT2D eigenvalue weighted by Crippen LogP contribution is 2.08. The predicted octanol–water partition coefficient (Wildman–Crippen LogP) is 2.84. The molecule has 0 aromatic heterocycles. The number of ether oxygens (including phenoxy) is 2. The van der Waals surface area contributed by atoms with Crippen molar-refractivity contribution in [1.82, 2.24) is 10.6 Å². The first-order valence-electron chi connectivity index (χ1n) is 9.80. The van der Waals surface area contributed by atoms with Gasteiger partial charge in [-0.1, -0.05) is 74.5 Å². The zero-order valence-electron chi connectivity index (χ0n) is 17.5. The van der Waals surface area contributed by atoms with E-state index in [2.05, 4.69) is 10.6 Å². The van der Waals surface area contributed by atoms with Crippen LogP contribution in [0.15, 0.2) is 60.7 Å². The summed E-state index contributed by atoms with van der Waals surface area (Å²) in [6.07, 6.45) is -0.423. The number of benzene rings is 2. The molecule has 2 rings (SSSR count). The van der Waals surface area contributed by atoms with Crippen LogP contribution in [0.2, 0.25) is 0 Å². The van der Waals surface area contributed by atoms with Crippen LogP contribution in [0.25, 0.3) is 0 Å². The van der Waals surface area contributed by atoms with Crippen LogP contribution in [-0.2, 0) is 32.1 Å². The van der Waals surface area contributed by atoms with Crippen molar-refractivity contribution in [2.45, 2.75) is 39.0 Å². The molecule has 2 amide bonds. The molecule has 2 N–H and O–H groups in total. The number of carbonyl (C=O) groups is 3. The molecule has 0 saturated heterocycles. The third kappa shape index (κ3) is 7.24. The quantitative estimate of drug-likeness (QED) is 0.618. The summed E-state index contributed by atoms with van der Waals surface area (Å²) in [7, 11) is 1.27. The second kappa shape index (κ2) is 11.6. The molecule has 0 fully saturated rings. The van der Waals surface area contributed by atoms with Crippen molar-refractivity contribution in [3.63, 3.8) is 0 Å². The van der Waals surface area contributed by atoms with Crippen LogP contribution in [0, 0.1) is 5.92 Å². The Morgan fingerprint density at radius 3 is 1.97 bits per heavy atom. The molecule has 7 nitrogen and oxygen atoms in total. The van der Waals surface area contributed by atoms with E-state index in [1.807, 2.05) is 60.7 Å². The van der Waals surface area contributed by atoms with Crippen molar-refractivity contribution < 1.29 is 23.9 Å². The van der Waals surface area contributed by atoms with E-state index in [9.17, 15) is 14.4 Å². The smallest absolute Gasteiger partial charge is 0.408 e. The molecule has 0 aliphatic heterocycles. The van der Waals surface area contributed by atoms with Gasteiger partial charge in [-0.05, 0) is 17.0 Å². The summed E-state index contributed by atoms with van der Waals surface area (Å²) in [4.78, 5) is 37.2. The average Bonchev–Trinajstić information content (AvgIpc) is 2.76. The van der Waals surface area contributed by atoms with E-state index in [0.29, 0.717) is 0 Å². The number of methoxy groups -OCH3 is 1. The van der Waals surface area contributed by atoms with E-state index in [1.54, 1.807) is 13.8 Å². The Morgan fingerprint density at radius 2 is 1.43 bits per heavy atom. The van der Waals surface area contributed by atoms with E-state index in [1.165, 1.54) is 7.11 Å². The molecule has 2 atom stereocenters. The van der Waals surface area contributed by atoms with Gasteiger partial charge in [0.25, 0.3) is 0 Å². The third-order valence-corrected chi connectivity index (χ3v) is 4.52. The van der Waals surface area contributed by atoms with Crippen molar-refractivity contribution in [3.8, 4) is 0 Å². The molecule has 0 heterocycles. The molecular weight excluding hydrogens is 384 g/mol. The number of esters is 1. The van der Waals surface area contributed by atoms with Gasteiger partial charge < -0.3 is 20.1 Å². The maximum absolute atomic E-state index is 12.8. The molecule has 0 saturated carbocycles. The van der Waals surface area contributed by atoms with Crippen LogP contribution in [0.3, 0.4) is 0 Å². The first kappa shape index (κ1) is 22.9. The highest BCUT2D eigenvalue weighted by atomic mass is 16.5. The lowest BCUT2D eigenvalue weighted by atomic mass is 10.0. The number of carbonyl (C=O) groups excluding carboxylic acids is 3. The molecule has 7 heteroatoms. The Balaban J connectivity index is 1.99. The summed E-state index contributed by atoms with van der Waals surface area (Å²) < 4.78 is 10.0. The first-order chi connectivity index (χ1) is 14.4. The Kier molecular flexibility index (Phi) is 8.87. The van der Waals surface area contributed by atoms with Gasteiger partial charge >= 0.3 is 12.1 Å². The monoisotopic (exact) mass is 412 g/mol. The molecular formula is C23H28N2O5.